The van der Waals surface area contributed by atoms with E-state index in [0.29, 0.717) is 30.6 Å². The molecule has 5 rings (SSSR count). The largest absolute Gasteiger partial charge is 0.492 e. The Morgan fingerprint density at radius 1 is 1.10 bits per heavy atom. The number of carbonyl (C=O) groups is 1. The molecule has 7 heteroatoms. The molecule has 2 aliphatic heterocycles. The minimum absolute atomic E-state index is 0.0433. The average molecular weight is 404 g/mol. The molecule has 0 saturated carbocycles. The summed E-state index contributed by atoms with van der Waals surface area (Å²) < 4.78 is 7.29. The second-order valence-corrected chi connectivity index (χ2v) is 7.99. The van der Waals surface area contributed by atoms with Crippen molar-refractivity contribution in [2.75, 3.05) is 37.7 Å². The lowest BCUT2D eigenvalue weighted by Gasteiger charge is -2.38. The van der Waals surface area contributed by atoms with Crippen molar-refractivity contribution < 1.29 is 9.53 Å². The van der Waals surface area contributed by atoms with Crippen molar-refractivity contribution in [3.05, 3.63) is 64.7 Å². The number of para-hydroxylation sites is 1. The summed E-state index contributed by atoms with van der Waals surface area (Å²) in [5, 5.41) is 0.621. The predicted octanol–water partition coefficient (Wildman–Crippen LogP) is 1.83. The number of aryl methyl sites for hydroxylation is 1. The fourth-order valence-electron chi connectivity index (χ4n) is 4.33. The molecule has 30 heavy (non-hydrogen) atoms. The van der Waals surface area contributed by atoms with Crippen molar-refractivity contribution in [3.63, 3.8) is 0 Å². The summed E-state index contributed by atoms with van der Waals surface area (Å²) in [5.74, 6) is 0.950. The maximum atomic E-state index is 13.0. The van der Waals surface area contributed by atoms with Crippen LogP contribution in [0.4, 0.5) is 5.69 Å². The maximum Gasteiger partial charge on any atom is 0.260 e. The number of piperazine rings is 1. The third kappa shape index (κ3) is 3.30. The van der Waals surface area contributed by atoms with Gasteiger partial charge in [-0.3, -0.25) is 9.59 Å². The SMILES string of the molecule is Cn1cnc2cc(N3CCN(C(=O)C4COc5ccccc5C4)CC3)ccc2c1=O. The summed E-state index contributed by atoms with van der Waals surface area (Å²) in [6, 6.07) is 13.7. The third-order valence-electron chi connectivity index (χ3n) is 6.09. The number of nitrogens with zero attached hydrogens (tertiary/aromatic N) is 4. The van der Waals surface area contributed by atoms with E-state index in [-0.39, 0.29) is 17.4 Å². The van der Waals surface area contributed by atoms with Crippen LogP contribution in [0, 0.1) is 5.92 Å². The molecule has 154 valence electrons. The minimum atomic E-state index is -0.118. The van der Waals surface area contributed by atoms with Crippen LogP contribution in [0.15, 0.2) is 53.6 Å². The molecular formula is C23H24N4O3. The highest BCUT2D eigenvalue weighted by atomic mass is 16.5. The zero-order valence-electron chi connectivity index (χ0n) is 17.0. The lowest BCUT2D eigenvalue weighted by Crippen LogP contribution is -2.51. The van der Waals surface area contributed by atoms with E-state index in [0.717, 1.165) is 36.5 Å². The van der Waals surface area contributed by atoms with Gasteiger partial charge in [0.1, 0.15) is 12.4 Å². The van der Waals surface area contributed by atoms with E-state index >= 15 is 0 Å². The van der Waals surface area contributed by atoms with Crippen LogP contribution in [0.5, 0.6) is 5.75 Å². The molecular weight excluding hydrogens is 380 g/mol. The number of rotatable bonds is 2. The second kappa shape index (κ2) is 7.48. The van der Waals surface area contributed by atoms with Gasteiger partial charge in [0.15, 0.2) is 0 Å². The van der Waals surface area contributed by atoms with Crippen LogP contribution in [0.3, 0.4) is 0 Å². The topological polar surface area (TPSA) is 67.7 Å². The second-order valence-electron chi connectivity index (χ2n) is 7.99. The molecule has 0 aliphatic carbocycles. The van der Waals surface area contributed by atoms with Gasteiger partial charge in [0.05, 0.1) is 23.1 Å². The highest BCUT2D eigenvalue weighted by Gasteiger charge is 2.31. The van der Waals surface area contributed by atoms with Crippen molar-refractivity contribution in [1.29, 1.82) is 0 Å². The van der Waals surface area contributed by atoms with E-state index < -0.39 is 0 Å². The fourth-order valence-corrected chi connectivity index (χ4v) is 4.33. The Labute approximate surface area is 174 Å². The van der Waals surface area contributed by atoms with Crippen LogP contribution in [-0.2, 0) is 18.3 Å². The number of fused-ring (bicyclic) bond motifs is 2. The first-order valence-corrected chi connectivity index (χ1v) is 10.3. The van der Waals surface area contributed by atoms with Gasteiger partial charge in [0, 0.05) is 38.9 Å². The first kappa shape index (κ1) is 18.7. The molecule has 1 amide bonds. The first-order chi connectivity index (χ1) is 14.6. The number of hydrogen-bond acceptors (Lipinski definition) is 5. The van der Waals surface area contributed by atoms with E-state index in [4.69, 9.17) is 4.74 Å². The molecule has 3 aromatic rings. The number of carbonyl (C=O) groups excluding carboxylic acids is 1. The summed E-state index contributed by atoms with van der Waals surface area (Å²) in [6.45, 7) is 3.32. The molecule has 2 aliphatic rings. The monoisotopic (exact) mass is 404 g/mol. The van der Waals surface area contributed by atoms with Crippen molar-refractivity contribution >= 4 is 22.5 Å². The van der Waals surface area contributed by atoms with Crippen LogP contribution in [-0.4, -0.2) is 53.1 Å². The Kier molecular flexibility index (Phi) is 4.65. The first-order valence-electron chi connectivity index (χ1n) is 10.3. The molecule has 1 saturated heterocycles. The number of amides is 1. The molecule has 1 aromatic heterocycles. The van der Waals surface area contributed by atoms with Gasteiger partial charge in [-0.05, 0) is 36.2 Å². The number of anilines is 1. The summed E-state index contributed by atoms with van der Waals surface area (Å²) >= 11 is 0. The van der Waals surface area contributed by atoms with Gasteiger partial charge in [-0.2, -0.15) is 0 Å². The highest BCUT2D eigenvalue weighted by molar-refractivity contribution is 5.82. The number of hydrogen-bond donors (Lipinski definition) is 0. The molecule has 2 aromatic carbocycles. The Morgan fingerprint density at radius 2 is 1.90 bits per heavy atom. The predicted molar refractivity (Wildman–Crippen MR) is 115 cm³/mol. The zero-order chi connectivity index (χ0) is 20.7. The van der Waals surface area contributed by atoms with Crippen molar-refractivity contribution in [1.82, 2.24) is 14.5 Å². The maximum absolute atomic E-state index is 13.0. The molecule has 0 radical (unpaired) electrons. The molecule has 0 bridgehead atoms. The smallest absolute Gasteiger partial charge is 0.260 e. The van der Waals surface area contributed by atoms with Gasteiger partial charge in [0.2, 0.25) is 5.91 Å². The van der Waals surface area contributed by atoms with E-state index in [2.05, 4.69) is 9.88 Å². The number of ether oxygens (including phenoxy) is 1. The fraction of sp³-hybridized carbons (Fsp3) is 0.348. The Balaban J connectivity index is 1.25. The van der Waals surface area contributed by atoms with Crippen molar-refractivity contribution in [2.24, 2.45) is 13.0 Å². The molecule has 0 N–H and O–H groups in total. The summed E-state index contributed by atoms with van der Waals surface area (Å²) in [6.07, 6.45) is 2.29. The van der Waals surface area contributed by atoms with Gasteiger partial charge in [-0.25, -0.2) is 4.98 Å². The van der Waals surface area contributed by atoms with Crippen LogP contribution in [0.1, 0.15) is 5.56 Å². The van der Waals surface area contributed by atoms with E-state index in [1.807, 2.05) is 47.4 Å². The molecule has 3 heterocycles. The number of benzene rings is 2. The standard InChI is InChI=1S/C23H24N4O3/c1-25-15-24-20-13-18(6-7-19(20)23(25)29)26-8-10-27(11-9-26)22(28)17-12-16-4-2-3-5-21(16)30-14-17/h2-7,13,15,17H,8-12,14H2,1H3. The molecule has 1 unspecified atom stereocenters. The van der Waals surface area contributed by atoms with E-state index in [1.165, 1.54) is 4.57 Å². The van der Waals surface area contributed by atoms with Crippen LogP contribution in [0.2, 0.25) is 0 Å². The van der Waals surface area contributed by atoms with Crippen LogP contribution < -0.4 is 15.2 Å². The quantitative estimate of drug-likeness (QED) is 0.652. The Hall–Kier alpha value is -3.35. The van der Waals surface area contributed by atoms with Gasteiger partial charge in [-0.1, -0.05) is 18.2 Å². The molecule has 1 fully saturated rings. The Morgan fingerprint density at radius 3 is 2.73 bits per heavy atom. The van der Waals surface area contributed by atoms with Gasteiger partial charge in [-0.15, -0.1) is 0 Å². The van der Waals surface area contributed by atoms with E-state index in [9.17, 15) is 9.59 Å². The van der Waals surface area contributed by atoms with Gasteiger partial charge in [0.25, 0.3) is 5.56 Å². The van der Waals surface area contributed by atoms with E-state index in [1.54, 1.807) is 13.4 Å². The number of aromatic nitrogens is 2. The van der Waals surface area contributed by atoms with Gasteiger partial charge >= 0.3 is 0 Å². The van der Waals surface area contributed by atoms with Gasteiger partial charge < -0.3 is 19.1 Å². The normalized spacial score (nSPS) is 18.8. The summed E-state index contributed by atoms with van der Waals surface area (Å²) in [5.41, 5.74) is 2.80. The summed E-state index contributed by atoms with van der Waals surface area (Å²) in [7, 11) is 1.70. The Bertz CT molecular complexity index is 1160. The highest BCUT2D eigenvalue weighted by Crippen LogP contribution is 2.28. The zero-order valence-corrected chi connectivity index (χ0v) is 17.0. The lowest BCUT2D eigenvalue weighted by molar-refractivity contribution is -0.137. The summed E-state index contributed by atoms with van der Waals surface area (Å²) in [4.78, 5) is 33.8. The van der Waals surface area contributed by atoms with Crippen LogP contribution >= 0.6 is 0 Å². The average Bonchev–Trinajstić information content (AvgIpc) is 2.80. The third-order valence-corrected chi connectivity index (χ3v) is 6.09. The minimum Gasteiger partial charge on any atom is -0.492 e. The molecule has 0 spiro atoms. The lowest BCUT2D eigenvalue weighted by atomic mass is 9.95. The van der Waals surface area contributed by atoms with Crippen molar-refractivity contribution in [3.8, 4) is 5.75 Å². The van der Waals surface area contributed by atoms with Crippen molar-refractivity contribution in [2.45, 2.75) is 6.42 Å². The van der Waals surface area contributed by atoms with Crippen LogP contribution in [0.25, 0.3) is 10.9 Å². The molecule has 7 nitrogen and oxygen atoms in total. The molecule has 1 atom stereocenters.